The van der Waals surface area contributed by atoms with E-state index in [-0.39, 0.29) is 35.9 Å². The van der Waals surface area contributed by atoms with Gasteiger partial charge in [-0.05, 0) is 41.8 Å². The molecule has 0 unspecified atom stereocenters. The Kier molecular flexibility index (Phi) is 8.74. The molecule has 10 heteroatoms. The fraction of sp³-hybridized carbons (Fsp3) is 0.364. The molecular formula is C22H24F3NO6. The number of hydrogen-bond donors (Lipinski definition) is 1. The van der Waals surface area contributed by atoms with Crippen LogP contribution in [0.2, 0.25) is 0 Å². The summed E-state index contributed by atoms with van der Waals surface area (Å²) in [6, 6.07) is 9.40. The zero-order valence-electron chi connectivity index (χ0n) is 17.9. The first-order valence-corrected chi connectivity index (χ1v) is 9.55. The summed E-state index contributed by atoms with van der Waals surface area (Å²) in [4.78, 5) is 24.1. The third kappa shape index (κ3) is 7.36. The number of benzene rings is 2. The van der Waals surface area contributed by atoms with Crippen molar-refractivity contribution in [1.82, 2.24) is 5.32 Å². The Morgan fingerprint density at radius 3 is 2.19 bits per heavy atom. The van der Waals surface area contributed by atoms with E-state index in [1.807, 2.05) is 0 Å². The lowest BCUT2D eigenvalue weighted by atomic mass is 10.1. The molecule has 1 amide bonds. The monoisotopic (exact) mass is 455 g/mol. The maximum atomic E-state index is 12.3. The molecule has 0 spiro atoms. The normalized spacial score (nSPS) is 10.9. The molecule has 0 aromatic heterocycles. The van der Waals surface area contributed by atoms with E-state index in [1.54, 1.807) is 24.3 Å². The van der Waals surface area contributed by atoms with Crippen LogP contribution in [0.1, 0.15) is 27.9 Å². The second kappa shape index (κ2) is 11.3. The van der Waals surface area contributed by atoms with Gasteiger partial charge in [-0.15, -0.1) is 0 Å². The highest BCUT2D eigenvalue weighted by molar-refractivity contribution is 5.92. The first-order chi connectivity index (χ1) is 15.2. The second-order valence-corrected chi connectivity index (χ2v) is 6.69. The van der Waals surface area contributed by atoms with Crippen molar-refractivity contribution in [2.75, 3.05) is 27.9 Å². The van der Waals surface area contributed by atoms with Gasteiger partial charge in [0.05, 0.1) is 21.3 Å². The van der Waals surface area contributed by atoms with E-state index in [2.05, 4.69) is 5.32 Å². The number of nitrogens with one attached hydrogen (secondary N) is 1. The van der Waals surface area contributed by atoms with Crippen LogP contribution >= 0.6 is 0 Å². The number of alkyl halides is 3. The highest BCUT2D eigenvalue weighted by Crippen LogP contribution is 2.30. The smallest absolute Gasteiger partial charge is 0.422 e. The third-order valence-electron chi connectivity index (χ3n) is 4.42. The summed E-state index contributed by atoms with van der Waals surface area (Å²) >= 11 is 0. The number of carbonyl (C=O) groups excluding carboxylic acids is 2. The van der Waals surface area contributed by atoms with Gasteiger partial charge in [-0.1, -0.05) is 12.1 Å². The van der Waals surface area contributed by atoms with Gasteiger partial charge in [0, 0.05) is 13.0 Å². The summed E-state index contributed by atoms with van der Waals surface area (Å²) in [6.45, 7) is -1.23. The van der Waals surface area contributed by atoms with E-state index < -0.39 is 18.8 Å². The van der Waals surface area contributed by atoms with Gasteiger partial charge in [0.25, 0.3) is 0 Å². The van der Waals surface area contributed by atoms with Crippen molar-refractivity contribution in [3.63, 3.8) is 0 Å². The van der Waals surface area contributed by atoms with Gasteiger partial charge in [-0.2, -0.15) is 13.2 Å². The molecule has 0 saturated heterocycles. The average molecular weight is 455 g/mol. The number of carbonyl (C=O) groups is 2. The molecule has 1 N–H and O–H groups in total. The quantitative estimate of drug-likeness (QED) is 0.551. The van der Waals surface area contributed by atoms with Crippen molar-refractivity contribution in [2.24, 2.45) is 0 Å². The summed E-state index contributed by atoms with van der Waals surface area (Å²) in [5, 5.41) is 2.75. The molecule has 0 aliphatic carbocycles. The van der Waals surface area contributed by atoms with Gasteiger partial charge in [0.2, 0.25) is 5.91 Å². The summed E-state index contributed by atoms with van der Waals surface area (Å²) in [7, 11) is 4.02. The van der Waals surface area contributed by atoms with E-state index in [0.29, 0.717) is 23.3 Å². The van der Waals surface area contributed by atoms with Gasteiger partial charge < -0.3 is 24.3 Å². The molecule has 2 rings (SSSR count). The van der Waals surface area contributed by atoms with Gasteiger partial charge >= 0.3 is 12.1 Å². The van der Waals surface area contributed by atoms with Crippen molar-refractivity contribution in [3.8, 4) is 17.2 Å². The Balaban J connectivity index is 1.92. The van der Waals surface area contributed by atoms with Crippen LogP contribution in [0.15, 0.2) is 36.4 Å². The Bertz CT molecular complexity index is 946. The third-order valence-corrected chi connectivity index (χ3v) is 4.42. The minimum absolute atomic E-state index is 0.0288. The molecule has 0 bridgehead atoms. The fourth-order valence-electron chi connectivity index (χ4n) is 2.83. The molecule has 0 fully saturated rings. The van der Waals surface area contributed by atoms with Gasteiger partial charge in [0.15, 0.2) is 18.1 Å². The molecule has 0 saturated carbocycles. The number of esters is 1. The Morgan fingerprint density at radius 1 is 0.906 bits per heavy atom. The Hall–Kier alpha value is -3.43. The van der Waals surface area contributed by atoms with E-state index in [4.69, 9.17) is 18.9 Å². The van der Waals surface area contributed by atoms with Gasteiger partial charge in [0.1, 0.15) is 11.3 Å². The second-order valence-electron chi connectivity index (χ2n) is 6.69. The largest absolute Gasteiger partial charge is 0.496 e. The van der Waals surface area contributed by atoms with Crippen LogP contribution in [0, 0.1) is 0 Å². The minimum atomic E-state index is -4.46. The lowest BCUT2D eigenvalue weighted by Crippen LogP contribution is -2.23. The molecule has 0 aliphatic heterocycles. The number of amides is 1. The van der Waals surface area contributed by atoms with Gasteiger partial charge in [-0.25, -0.2) is 4.79 Å². The van der Waals surface area contributed by atoms with Crippen molar-refractivity contribution < 1.29 is 41.7 Å². The van der Waals surface area contributed by atoms with Crippen LogP contribution < -0.4 is 19.5 Å². The zero-order chi connectivity index (χ0) is 23.7. The standard InChI is InChI=1S/C22H24F3NO6/c1-29-17-7-5-15(10-16(17)21(28)31-3)12-26-20(27)9-6-14-4-8-18(19(11-14)30-2)32-13-22(23,24)25/h4-5,7-8,10-11H,6,9,12-13H2,1-3H3,(H,26,27). The van der Waals surface area contributed by atoms with Crippen LogP contribution in [-0.2, 0) is 22.5 Å². The van der Waals surface area contributed by atoms with E-state index in [0.717, 1.165) is 0 Å². The molecule has 0 heterocycles. The van der Waals surface area contributed by atoms with E-state index in [1.165, 1.54) is 33.5 Å². The van der Waals surface area contributed by atoms with Crippen molar-refractivity contribution in [3.05, 3.63) is 53.1 Å². The van der Waals surface area contributed by atoms with Crippen LogP contribution in [0.25, 0.3) is 0 Å². The molecule has 174 valence electrons. The average Bonchev–Trinajstić information content (AvgIpc) is 2.78. The number of aryl methyl sites for hydroxylation is 1. The van der Waals surface area contributed by atoms with Crippen molar-refractivity contribution in [1.29, 1.82) is 0 Å². The molecule has 2 aromatic carbocycles. The summed E-state index contributed by atoms with van der Waals surface area (Å²) in [5.74, 6) is -0.299. The van der Waals surface area contributed by atoms with Crippen LogP contribution in [0.5, 0.6) is 17.2 Å². The maximum absolute atomic E-state index is 12.3. The first kappa shape index (κ1) is 24.8. The van der Waals surface area contributed by atoms with Crippen LogP contribution in [-0.4, -0.2) is 46.0 Å². The van der Waals surface area contributed by atoms with E-state index in [9.17, 15) is 22.8 Å². The first-order valence-electron chi connectivity index (χ1n) is 9.55. The predicted molar refractivity (Wildman–Crippen MR) is 109 cm³/mol. The SMILES string of the molecule is COC(=O)c1cc(CNC(=O)CCc2ccc(OCC(F)(F)F)c(OC)c2)ccc1OC. The summed E-state index contributed by atoms with van der Waals surface area (Å²) < 4.78 is 56.7. The topological polar surface area (TPSA) is 83.1 Å². The van der Waals surface area contributed by atoms with Crippen molar-refractivity contribution in [2.45, 2.75) is 25.6 Å². The number of methoxy groups -OCH3 is 3. The number of rotatable bonds is 10. The highest BCUT2D eigenvalue weighted by Gasteiger charge is 2.29. The minimum Gasteiger partial charge on any atom is -0.496 e. The van der Waals surface area contributed by atoms with Crippen molar-refractivity contribution >= 4 is 11.9 Å². The molecule has 2 aromatic rings. The number of ether oxygens (including phenoxy) is 4. The molecule has 0 atom stereocenters. The Morgan fingerprint density at radius 2 is 1.56 bits per heavy atom. The zero-order valence-corrected chi connectivity index (χ0v) is 17.9. The predicted octanol–water partition coefficient (Wildman–Crippen LogP) is 3.68. The molecule has 0 aliphatic rings. The molecule has 32 heavy (non-hydrogen) atoms. The van der Waals surface area contributed by atoms with Crippen LogP contribution in [0.4, 0.5) is 13.2 Å². The Labute approximate surface area is 183 Å². The maximum Gasteiger partial charge on any atom is 0.422 e. The molecular weight excluding hydrogens is 431 g/mol. The fourth-order valence-corrected chi connectivity index (χ4v) is 2.83. The lowest BCUT2D eigenvalue weighted by molar-refractivity contribution is -0.153. The number of hydrogen-bond acceptors (Lipinski definition) is 6. The van der Waals surface area contributed by atoms with Gasteiger partial charge in [-0.3, -0.25) is 4.79 Å². The van der Waals surface area contributed by atoms with E-state index >= 15 is 0 Å². The lowest BCUT2D eigenvalue weighted by Gasteiger charge is -2.13. The summed E-state index contributed by atoms with van der Waals surface area (Å²) in [5.41, 5.74) is 1.64. The summed E-state index contributed by atoms with van der Waals surface area (Å²) in [6.07, 6.45) is -3.97. The molecule has 7 nitrogen and oxygen atoms in total. The highest BCUT2D eigenvalue weighted by atomic mass is 19.4. The molecule has 0 radical (unpaired) electrons. The van der Waals surface area contributed by atoms with Crippen LogP contribution in [0.3, 0.4) is 0 Å². The number of halogens is 3.